The average Bonchev–Trinajstić information content (AvgIpc) is 2.98. The van der Waals surface area contributed by atoms with Gasteiger partial charge in [0.1, 0.15) is 17.0 Å². The van der Waals surface area contributed by atoms with Gasteiger partial charge in [-0.3, -0.25) is 9.59 Å². The van der Waals surface area contributed by atoms with Crippen LogP contribution in [0.3, 0.4) is 0 Å². The minimum absolute atomic E-state index is 0.0319. The molecule has 2 amide bonds. The first-order valence-electron chi connectivity index (χ1n) is 12.5. The number of anilines is 1. The molecule has 5 rings (SSSR count). The second kappa shape index (κ2) is 12.7. The Hall–Kier alpha value is -4.60. The maximum Gasteiger partial charge on any atom is 0.340 e. The average molecular weight is 628 g/mol. The zero-order chi connectivity index (χ0) is 28.8. The molecule has 9 heteroatoms. The Kier molecular flexibility index (Phi) is 8.67. The fourth-order valence-electron chi connectivity index (χ4n) is 3.91. The van der Waals surface area contributed by atoms with Crippen LogP contribution in [-0.4, -0.2) is 16.9 Å². The molecule has 1 heterocycles. The zero-order valence-corrected chi connectivity index (χ0v) is 23.9. The van der Waals surface area contributed by atoms with Gasteiger partial charge in [-0.1, -0.05) is 46.3 Å². The van der Waals surface area contributed by atoms with E-state index in [0.717, 1.165) is 20.3 Å². The van der Waals surface area contributed by atoms with Crippen molar-refractivity contribution in [3.05, 3.63) is 140 Å². The number of aromatic hydroxyl groups is 1. The Morgan fingerprint density at radius 3 is 2.37 bits per heavy atom. The predicted molar refractivity (Wildman–Crippen MR) is 165 cm³/mol. The van der Waals surface area contributed by atoms with Gasteiger partial charge in [-0.25, -0.2) is 4.79 Å². The number of hydrogen-bond acceptors (Lipinski definition) is 6. The van der Waals surface area contributed by atoms with Crippen LogP contribution >= 0.6 is 27.7 Å². The normalized spacial score (nSPS) is 11.3. The summed E-state index contributed by atoms with van der Waals surface area (Å²) in [6.07, 6.45) is 1.61. The number of hydrogen-bond donors (Lipinski definition) is 3. The number of nitrogens with one attached hydrogen (secondary N) is 2. The van der Waals surface area contributed by atoms with Crippen LogP contribution in [-0.2, 0) is 10.5 Å². The molecule has 0 atom stereocenters. The lowest BCUT2D eigenvalue weighted by Gasteiger charge is -2.12. The molecule has 3 N–H and O–H groups in total. The smallest absolute Gasteiger partial charge is 0.340 e. The molecule has 1 aromatic heterocycles. The highest BCUT2D eigenvalue weighted by molar-refractivity contribution is 9.10. The van der Waals surface area contributed by atoms with Crippen LogP contribution in [0.25, 0.3) is 17.0 Å². The van der Waals surface area contributed by atoms with E-state index in [1.807, 2.05) is 42.5 Å². The lowest BCUT2D eigenvalue weighted by molar-refractivity contribution is -0.113. The van der Waals surface area contributed by atoms with E-state index in [1.54, 1.807) is 60.7 Å². The molecule has 0 unspecified atom stereocenters. The molecule has 0 radical (unpaired) electrons. The fourth-order valence-corrected chi connectivity index (χ4v) is 5.02. The van der Waals surface area contributed by atoms with Gasteiger partial charge in [-0.2, -0.15) is 0 Å². The van der Waals surface area contributed by atoms with Gasteiger partial charge in [0.15, 0.2) is 0 Å². The fraction of sp³-hybridized carbons (Fsp3) is 0.0312. The molecule has 5 aromatic rings. The maximum atomic E-state index is 13.2. The van der Waals surface area contributed by atoms with Gasteiger partial charge in [0, 0.05) is 43.4 Å². The number of benzene rings is 4. The number of phenols is 1. The first kappa shape index (κ1) is 27.9. The molecule has 0 bridgehead atoms. The molecule has 0 spiro atoms. The summed E-state index contributed by atoms with van der Waals surface area (Å²) >= 11 is 4.85. The van der Waals surface area contributed by atoms with Crippen molar-refractivity contribution in [1.29, 1.82) is 0 Å². The van der Waals surface area contributed by atoms with Crippen LogP contribution < -0.4 is 16.3 Å². The first-order chi connectivity index (χ1) is 19.8. The lowest BCUT2D eigenvalue weighted by atomic mass is 10.1. The molecular formula is C32H23BrN2O5S. The summed E-state index contributed by atoms with van der Waals surface area (Å²) in [6.45, 7) is 0. The van der Waals surface area contributed by atoms with Gasteiger partial charge in [0.25, 0.3) is 11.8 Å². The van der Waals surface area contributed by atoms with Crippen LogP contribution in [0.4, 0.5) is 5.69 Å². The SMILES string of the molecule is O=C(Nc1ccc(SCc2cc3ccc(O)cc3oc2=O)cc1)/C(=C/c1ccc(Br)cc1)NC(=O)c1ccccc1. The standard InChI is InChI=1S/C32H23BrN2O5S/c33-24-9-6-20(7-10-24)16-28(35-30(37)21-4-2-1-3-5-21)31(38)34-25-11-14-27(15-12-25)41-19-23-17-22-8-13-26(36)18-29(22)40-32(23)39/h1-18,36H,19H2,(H,34,38)(H,35,37)/b28-16-. The number of carbonyl (C=O) groups excluding carboxylic acids is 2. The number of thioether (sulfide) groups is 1. The van der Waals surface area contributed by atoms with E-state index < -0.39 is 17.4 Å². The molecule has 0 aliphatic carbocycles. The van der Waals surface area contributed by atoms with Crippen LogP contribution in [0.15, 0.2) is 127 Å². The summed E-state index contributed by atoms with van der Waals surface area (Å²) in [5.74, 6) is -0.455. The highest BCUT2D eigenvalue weighted by Gasteiger charge is 2.15. The molecule has 41 heavy (non-hydrogen) atoms. The van der Waals surface area contributed by atoms with Crippen LogP contribution in [0.1, 0.15) is 21.5 Å². The third-order valence-electron chi connectivity index (χ3n) is 6.01. The topological polar surface area (TPSA) is 109 Å². The Morgan fingerprint density at radius 1 is 0.902 bits per heavy atom. The molecule has 0 fully saturated rings. The molecule has 0 aliphatic heterocycles. The highest BCUT2D eigenvalue weighted by Crippen LogP contribution is 2.26. The Bertz CT molecular complexity index is 1800. The molecule has 0 aliphatic rings. The molecule has 7 nitrogen and oxygen atoms in total. The van der Waals surface area contributed by atoms with Crippen molar-refractivity contribution in [3.63, 3.8) is 0 Å². The van der Waals surface area contributed by atoms with Gasteiger partial charge in [0.2, 0.25) is 0 Å². The number of carbonyl (C=O) groups is 2. The van der Waals surface area contributed by atoms with Crippen molar-refractivity contribution < 1.29 is 19.1 Å². The van der Waals surface area contributed by atoms with Crippen molar-refractivity contribution in [1.82, 2.24) is 5.32 Å². The van der Waals surface area contributed by atoms with E-state index in [1.165, 1.54) is 17.8 Å². The molecular weight excluding hydrogens is 604 g/mol. The van der Waals surface area contributed by atoms with Gasteiger partial charge >= 0.3 is 5.63 Å². The Morgan fingerprint density at radius 2 is 1.63 bits per heavy atom. The van der Waals surface area contributed by atoms with Crippen LogP contribution in [0.2, 0.25) is 0 Å². The number of halogens is 1. The summed E-state index contributed by atoms with van der Waals surface area (Å²) in [7, 11) is 0. The van der Waals surface area contributed by atoms with Crippen molar-refractivity contribution >= 4 is 62.2 Å². The monoisotopic (exact) mass is 626 g/mol. The van der Waals surface area contributed by atoms with Crippen molar-refractivity contribution in [2.24, 2.45) is 0 Å². The maximum absolute atomic E-state index is 13.2. The van der Waals surface area contributed by atoms with E-state index in [4.69, 9.17) is 4.42 Å². The first-order valence-corrected chi connectivity index (χ1v) is 14.3. The summed E-state index contributed by atoms with van der Waals surface area (Å²) < 4.78 is 6.23. The number of rotatable bonds is 8. The van der Waals surface area contributed by atoms with Gasteiger partial charge in [-0.15, -0.1) is 11.8 Å². The van der Waals surface area contributed by atoms with Gasteiger partial charge in [0.05, 0.1) is 0 Å². The van der Waals surface area contributed by atoms with Crippen molar-refractivity contribution in [2.45, 2.75) is 10.6 Å². The molecule has 0 saturated heterocycles. The van der Waals surface area contributed by atoms with E-state index in [-0.39, 0.29) is 11.4 Å². The number of phenolic OH excluding ortho intramolecular Hbond substituents is 1. The van der Waals surface area contributed by atoms with Crippen molar-refractivity contribution in [2.75, 3.05) is 5.32 Å². The third kappa shape index (κ3) is 7.33. The second-order valence-corrected chi connectivity index (χ2v) is 10.9. The van der Waals surface area contributed by atoms with Crippen molar-refractivity contribution in [3.8, 4) is 5.75 Å². The lowest BCUT2D eigenvalue weighted by Crippen LogP contribution is -2.30. The third-order valence-corrected chi connectivity index (χ3v) is 7.60. The summed E-state index contributed by atoms with van der Waals surface area (Å²) in [5, 5.41) is 15.9. The van der Waals surface area contributed by atoms with E-state index in [9.17, 15) is 19.5 Å². The quantitative estimate of drug-likeness (QED) is 0.0975. The Labute approximate surface area is 248 Å². The minimum atomic E-state index is -0.475. The van der Waals surface area contributed by atoms with E-state index >= 15 is 0 Å². The van der Waals surface area contributed by atoms with Crippen LogP contribution in [0, 0.1) is 0 Å². The van der Waals surface area contributed by atoms with Crippen LogP contribution in [0.5, 0.6) is 5.75 Å². The minimum Gasteiger partial charge on any atom is -0.508 e. The van der Waals surface area contributed by atoms with E-state index in [2.05, 4.69) is 26.6 Å². The van der Waals surface area contributed by atoms with E-state index in [0.29, 0.717) is 28.2 Å². The highest BCUT2D eigenvalue weighted by atomic mass is 79.9. The predicted octanol–water partition coefficient (Wildman–Crippen LogP) is 6.96. The van der Waals surface area contributed by atoms with Gasteiger partial charge in [-0.05, 0) is 78.4 Å². The molecule has 204 valence electrons. The summed E-state index contributed by atoms with van der Waals surface area (Å²) in [4.78, 5) is 39.3. The number of fused-ring (bicyclic) bond motifs is 1. The second-order valence-electron chi connectivity index (χ2n) is 8.98. The summed E-state index contributed by atoms with van der Waals surface area (Å²) in [5.41, 5.74) is 2.19. The summed E-state index contributed by atoms with van der Waals surface area (Å²) in [6, 6.07) is 29.6. The Balaban J connectivity index is 1.28. The zero-order valence-electron chi connectivity index (χ0n) is 21.5. The molecule has 0 saturated carbocycles. The van der Waals surface area contributed by atoms with Gasteiger partial charge < -0.3 is 20.2 Å². The molecule has 4 aromatic carbocycles. The largest absolute Gasteiger partial charge is 0.508 e. The number of amides is 2.